The van der Waals surface area contributed by atoms with Crippen molar-refractivity contribution in [1.82, 2.24) is 15.0 Å². The molecule has 2 N–H and O–H groups in total. The molecule has 0 bridgehead atoms. The molecule has 6 heteroatoms. The maximum absolute atomic E-state index is 4.69. The molecule has 0 unspecified atom stereocenters. The Kier molecular flexibility index (Phi) is 6.06. The second-order valence-electron chi connectivity index (χ2n) is 6.69. The van der Waals surface area contributed by atoms with Crippen LogP contribution in [0, 0.1) is 13.8 Å². The van der Waals surface area contributed by atoms with Crippen LogP contribution in [-0.2, 0) is 0 Å². The Morgan fingerprint density at radius 1 is 1.04 bits per heavy atom. The number of nitrogens with zero attached hydrogens (tertiary/aromatic N) is 3. The smallest absolute Gasteiger partial charge is 0.225 e. The minimum Gasteiger partial charge on any atom is -0.352 e. The molecule has 0 amide bonds. The molecule has 0 saturated heterocycles. The Hall–Kier alpha value is -2.47. The third-order valence-electron chi connectivity index (χ3n) is 4.44. The molecule has 140 valence electrons. The molecule has 27 heavy (non-hydrogen) atoms. The van der Waals surface area contributed by atoms with Gasteiger partial charge in [-0.1, -0.05) is 22.9 Å². The molecule has 0 saturated carbocycles. The summed E-state index contributed by atoms with van der Waals surface area (Å²) in [6.45, 7) is 8.43. The van der Waals surface area contributed by atoms with Gasteiger partial charge in [-0.05, 0) is 62.6 Å². The minimum absolute atomic E-state index is 0.293. The Bertz CT molecular complexity index is 904. The molecule has 3 rings (SSSR count). The van der Waals surface area contributed by atoms with Gasteiger partial charge in [0.25, 0.3) is 0 Å². The van der Waals surface area contributed by atoms with E-state index >= 15 is 0 Å². The van der Waals surface area contributed by atoms with Crippen molar-refractivity contribution < 1.29 is 0 Å². The van der Waals surface area contributed by atoms with Gasteiger partial charge in [0.15, 0.2) is 0 Å². The van der Waals surface area contributed by atoms with Gasteiger partial charge in [0, 0.05) is 40.2 Å². The Balaban J connectivity index is 2.02. The second kappa shape index (κ2) is 8.48. The van der Waals surface area contributed by atoms with Gasteiger partial charge in [0.2, 0.25) is 5.95 Å². The Labute approximate surface area is 168 Å². The van der Waals surface area contributed by atoms with E-state index in [0.29, 0.717) is 12.0 Å². The summed E-state index contributed by atoms with van der Waals surface area (Å²) in [6, 6.07) is 10.4. The van der Waals surface area contributed by atoms with E-state index in [1.54, 1.807) is 12.4 Å². The monoisotopic (exact) mass is 425 g/mol. The van der Waals surface area contributed by atoms with E-state index in [1.807, 2.05) is 18.2 Å². The summed E-state index contributed by atoms with van der Waals surface area (Å²) in [7, 11) is 0. The fourth-order valence-corrected chi connectivity index (χ4v) is 3.49. The quantitative estimate of drug-likeness (QED) is 0.516. The van der Waals surface area contributed by atoms with E-state index in [1.165, 1.54) is 0 Å². The molecule has 1 aromatic carbocycles. The van der Waals surface area contributed by atoms with Crippen molar-refractivity contribution in [2.75, 3.05) is 10.6 Å². The number of aromatic nitrogens is 3. The number of halogens is 1. The number of pyridine rings is 1. The zero-order valence-electron chi connectivity index (χ0n) is 16.0. The van der Waals surface area contributed by atoms with E-state index in [2.05, 4.69) is 76.4 Å². The maximum atomic E-state index is 4.69. The molecular formula is C21H24BrN5. The normalized spacial score (nSPS) is 11.9. The SMILES string of the molecule is CC[C@@H](C)Nc1nc(Nc2c(C)cc(Br)cc2C)cc(-c2ccncc2)n1. The van der Waals surface area contributed by atoms with Gasteiger partial charge < -0.3 is 10.6 Å². The average molecular weight is 426 g/mol. The van der Waals surface area contributed by atoms with Gasteiger partial charge in [-0.2, -0.15) is 4.98 Å². The molecule has 0 fully saturated rings. The zero-order valence-corrected chi connectivity index (χ0v) is 17.6. The first kappa shape index (κ1) is 19.3. The maximum Gasteiger partial charge on any atom is 0.225 e. The third-order valence-corrected chi connectivity index (χ3v) is 4.90. The molecule has 0 aliphatic rings. The molecule has 0 aliphatic heterocycles. The molecule has 0 spiro atoms. The summed E-state index contributed by atoms with van der Waals surface area (Å²) in [5.41, 5.74) is 5.23. The van der Waals surface area contributed by atoms with Crippen LogP contribution in [0.25, 0.3) is 11.3 Å². The first-order valence-corrected chi connectivity index (χ1v) is 9.85. The third kappa shape index (κ3) is 4.83. The van der Waals surface area contributed by atoms with E-state index in [-0.39, 0.29) is 0 Å². The highest BCUT2D eigenvalue weighted by atomic mass is 79.9. The van der Waals surface area contributed by atoms with Crippen LogP contribution in [0.5, 0.6) is 0 Å². The fraction of sp³-hybridized carbons (Fsp3) is 0.286. The summed E-state index contributed by atoms with van der Waals surface area (Å²) in [6.07, 6.45) is 4.54. The van der Waals surface area contributed by atoms with Crippen molar-refractivity contribution in [3.63, 3.8) is 0 Å². The number of rotatable bonds is 6. The first-order valence-electron chi connectivity index (χ1n) is 9.06. The lowest BCUT2D eigenvalue weighted by Crippen LogP contribution is -2.16. The van der Waals surface area contributed by atoms with Gasteiger partial charge in [-0.3, -0.25) is 4.98 Å². The van der Waals surface area contributed by atoms with E-state index < -0.39 is 0 Å². The molecule has 0 radical (unpaired) electrons. The minimum atomic E-state index is 0.293. The number of nitrogens with one attached hydrogen (secondary N) is 2. The number of anilines is 3. The standard InChI is InChI=1S/C21H24BrN5/c1-5-15(4)24-21-25-18(16-6-8-23-9-7-16)12-19(27-21)26-20-13(2)10-17(22)11-14(20)3/h6-12,15H,5H2,1-4H3,(H2,24,25,26,27)/t15-/m1/s1. The van der Waals surface area contributed by atoms with Gasteiger partial charge in [-0.25, -0.2) is 4.98 Å². The van der Waals surface area contributed by atoms with Crippen molar-refractivity contribution >= 4 is 33.4 Å². The van der Waals surface area contributed by atoms with E-state index in [4.69, 9.17) is 4.98 Å². The summed E-state index contributed by atoms with van der Waals surface area (Å²) in [5.74, 6) is 1.38. The number of hydrogen-bond acceptors (Lipinski definition) is 5. The van der Waals surface area contributed by atoms with E-state index in [9.17, 15) is 0 Å². The van der Waals surface area contributed by atoms with Crippen LogP contribution >= 0.6 is 15.9 Å². The van der Waals surface area contributed by atoms with Crippen molar-refractivity contribution in [3.05, 3.63) is 58.3 Å². The highest BCUT2D eigenvalue weighted by Crippen LogP contribution is 2.29. The van der Waals surface area contributed by atoms with Crippen molar-refractivity contribution in [1.29, 1.82) is 0 Å². The Morgan fingerprint density at radius 3 is 2.33 bits per heavy atom. The van der Waals surface area contributed by atoms with Crippen LogP contribution in [0.15, 0.2) is 47.2 Å². The number of benzene rings is 1. The number of hydrogen-bond donors (Lipinski definition) is 2. The van der Waals surface area contributed by atoms with Gasteiger partial charge in [0.05, 0.1) is 5.69 Å². The molecule has 0 aliphatic carbocycles. The van der Waals surface area contributed by atoms with Crippen LogP contribution in [0.1, 0.15) is 31.4 Å². The predicted molar refractivity (Wildman–Crippen MR) is 116 cm³/mol. The average Bonchev–Trinajstić information content (AvgIpc) is 2.65. The summed E-state index contributed by atoms with van der Waals surface area (Å²) in [5, 5.41) is 6.86. The van der Waals surface area contributed by atoms with Crippen LogP contribution in [0.3, 0.4) is 0 Å². The molecule has 3 aromatic rings. The molecular weight excluding hydrogens is 402 g/mol. The second-order valence-corrected chi connectivity index (χ2v) is 7.61. The summed E-state index contributed by atoms with van der Waals surface area (Å²) >= 11 is 3.55. The summed E-state index contributed by atoms with van der Waals surface area (Å²) in [4.78, 5) is 13.5. The first-order chi connectivity index (χ1) is 13.0. The highest BCUT2D eigenvalue weighted by molar-refractivity contribution is 9.10. The largest absolute Gasteiger partial charge is 0.352 e. The van der Waals surface area contributed by atoms with Crippen LogP contribution in [0.4, 0.5) is 17.5 Å². The van der Waals surface area contributed by atoms with Crippen molar-refractivity contribution in [2.24, 2.45) is 0 Å². The van der Waals surface area contributed by atoms with Gasteiger partial charge in [0.1, 0.15) is 5.82 Å². The van der Waals surface area contributed by atoms with Crippen LogP contribution in [-0.4, -0.2) is 21.0 Å². The van der Waals surface area contributed by atoms with Crippen molar-refractivity contribution in [3.8, 4) is 11.3 Å². The topological polar surface area (TPSA) is 62.7 Å². The molecule has 1 atom stereocenters. The van der Waals surface area contributed by atoms with Gasteiger partial charge >= 0.3 is 0 Å². The molecule has 2 heterocycles. The molecule has 2 aromatic heterocycles. The van der Waals surface area contributed by atoms with E-state index in [0.717, 1.165) is 44.8 Å². The van der Waals surface area contributed by atoms with Crippen LogP contribution < -0.4 is 10.6 Å². The predicted octanol–water partition coefficient (Wildman–Crippen LogP) is 5.87. The highest BCUT2D eigenvalue weighted by Gasteiger charge is 2.11. The fourth-order valence-electron chi connectivity index (χ4n) is 2.80. The number of aryl methyl sites for hydroxylation is 2. The summed E-state index contributed by atoms with van der Waals surface area (Å²) < 4.78 is 1.07. The van der Waals surface area contributed by atoms with Crippen LogP contribution in [0.2, 0.25) is 0 Å². The lowest BCUT2D eigenvalue weighted by Gasteiger charge is -2.16. The Morgan fingerprint density at radius 2 is 1.70 bits per heavy atom. The molecule has 5 nitrogen and oxygen atoms in total. The zero-order chi connectivity index (χ0) is 19.4. The lowest BCUT2D eigenvalue weighted by atomic mass is 10.1. The van der Waals surface area contributed by atoms with Crippen molar-refractivity contribution in [2.45, 2.75) is 40.2 Å². The lowest BCUT2D eigenvalue weighted by molar-refractivity contribution is 0.753. The van der Waals surface area contributed by atoms with Gasteiger partial charge in [-0.15, -0.1) is 0 Å².